The van der Waals surface area contributed by atoms with Gasteiger partial charge in [-0.15, -0.1) is 0 Å². The largest absolute Gasteiger partial charge is 0.479 e. The van der Waals surface area contributed by atoms with Crippen LogP contribution in [0.2, 0.25) is 0 Å². The van der Waals surface area contributed by atoms with E-state index in [1.807, 2.05) is 12.1 Å². The molecule has 3 unspecified atom stereocenters. The molecule has 1 saturated heterocycles. The van der Waals surface area contributed by atoms with Gasteiger partial charge in [-0.2, -0.15) is 0 Å². The highest BCUT2D eigenvalue weighted by molar-refractivity contribution is 6.13. The van der Waals surface area contributed by atoms with Gasteiger partial charge in [-0.25, -0.2) is 4.79 Å². The predicted molar refractivity (Wildman–Crippen MR) is 162 cm³/mol. The number of aryl methyl sites for hydroxylation is 1. The van der Waals surface area contributed by atoms with Crippen LogP contribution in [0.1, 0.15) is 36.8 Å². The van der Waals surface area contributed by atoms with Gasteiger partial charge in [0.05, 0.1) is 39.1 Å². The van der Waals surface area contributed by atoms with E-state index in [1.165, 1.54) is 18.6 Å². The highest BCUT2D eigenvalue weighted by Crippen LogP contribution is 2.27. The van der Waals surface area contributed by atoms with Gasteiger partial charge in [-0.1, -0.05) is 6.07 Å². The average molecular weight is 650 g/mol. The van der Waals surface area contributed by atoms with E-state index in [9.17, 15) is 29.4 Å². The number of ether oxygens (including phenoxy) is 6. The van der Waals surface area contributed by atoms with Gasteiger partial charge in [0.1, 0.15) is 12.4 Å². The molecule has 1 fully saturated rings. The van der Waals surface area contributed by atoms with Crippen LogP contribution in [0.15, 0.2) is 35.3 Å². The van der Waals surface area contributed by atoms with Crippen LogP contribution in [-0.2, 0) is 55.9 Å². The molecule has 0 aromatic heterocycles. The summed E-state index contributed by atoms with van der Waals surface area (Å²) in [4.78, 5) is 51.0. The molecule has 3 N–H and O–H groups in total. The Morgan fingerprint density at radius 1 is 1.04 bits per heavy atom. The van der Waals surface area contributed by atoms with Crippen molar-refractivity contribution in [3.05, 3.63) is 41.5 Å². The van der Waals surface area contributed by atoms with Crippen molar-refractivity contribution >= 4 is 30.1 Å². The molecular formula is C31H43N3O12. The maximum Gasteiger partial charge on any atom is 0.333 e. The minimum atomic E-state index is -1.14. The van der Waals surface area contributed by atoms with E-state index in [1.54, 1.807) is 13.1 Å². The minimum Gasteiger partial charge on any atom is -0.479 e. The molecule has 3 amide bonds. The number of aliphatic imine (C=N–C) groups is 1. The topological polar surface area (TPSA) is 192 Å². The number of nitrogens with one attached hydrogen (secondary N) is 1. The quantitative estimate of drug-likeness (QED) is 0.0687. The van der Waals surface area contributed by atoms with Crippen molar-refractivity contribution < 1.29 is 57.8 Å². The lowest BCUT2D eigenvalue weighted by Crippen LogP contribution is -2.42. The zero-order valence-corrected chi connectivity index (χ0v) is 26.0. The third-order valence-corrected chi connectivity index (χ3v) is 6.87. The molecule has 1 aromatic carbocycles. The van der Waals surface area contributed by atoms with Crippen LogP contribution in [0, 0.1) is 0 Å². The van der Waals surface area contributed by atoms with Crippen LogP contribution in [-0.4, -0.2) is 123 Å². The summed E-state index contributed by atoms with van der Waals surface area (Å²) >= 11 is 0. The van der Waals surface area contributed by atoms with Crippen LogP contribution in [0.4, 0.5) is 0 Å². The van der Waals surface area contributed by atoms with Crippen molar-refractivity contribution in [3.8, 4) is 5.75 Å². The number of aliphatic carboxylic acids is 1. The molecule has 0 bridgehead atoms. The van der Waals surface area contributed by atoms with E-state index in [2.05, 4.69) is 10.3 Å². The molecule has 3 atom stereocenters. The molecule has 0 aliphatic carbocycles. The smallest absolute Gasteiger partial charge is 0.333 e. The number of imide groups is 1. The first kappa shape index (κ1) is 36.6. The van der Waals surface area contributed by atoms with Crippen molar-refractivity contribution in [1.82, 2.24) is 10.2 Å². The number of carboxylic acid groups (broad SMARTS) is 1. The standard InChI is InChI=1S/C31H43N3O12/c1-32-21-44-20-23-17-22(4-5-25(23)45-30-19-24(35)18-26(46-30)31(39)40)3-2-11-41-13-15-43-16-14-42-12-9-33-27(36)8-10-34-28(37)6-7-29(34)38/h4-7,17,21,24,26,30,35H,2-3,8-16,18-20H2,1H3,(H,33,36)(H,39,40). The fourth-order valence-corrected chi connectivity index (χ4v) is 4.59. The summed E-state index contributed by atoms with van der Waals surface area (Å²) in [6.45, 7) is 2.98. The van der Waals surface area contributed by atoms with Crippen molar-refractivity contribution in [2.45, 2.75) is 57.2 Å². The van der Waals surface area contributed by atoms with Crippen molar-refractivity contribution in [3.63, 3.8) is 0 Å². The van der Waals surface area contributed by atoms with E-state index >= 15 is 0 Å². The van der Waals surface area contributed by atoms with Gasteiger partial charge < -0.3 is 44.0 Å². The van der Waals surface area contributed by atoms with Crippen LogP contribution in [0.25, 0.3) is 0 Å². The molecular weight excluding hydrogens is 606 g/mol. The molecule has 0 spiro atoms. The van der Waals surface area contributed by atoms with E-state index in [0.717, 1.165) is 28.9 Å². The average Bonchev–Trinajstić information content (AvgIpc) is 3.35. The number of carbonyl (C=O) groups is 4. The number of benzene rings is 1. The summed E-state index contributed by atoms with van der Waals surface area (Å²) < 4.78 is 33.5. The number of carbonyl (C=O) groups excluding carboxylic acids is 3. The molecule has 0 saturated carbocycles. The fraction of sp³-hybridized carbons (Fsp3) is 0.581. The maximum atomic E-state index is 11.8. The molecule has 3 rings (SSSR count). The van der Waals surface area contributed by atoms with Gasteiger partial charge in [0.25, 0.3) is 11.8 Å². The number of carboxylic acids is 1. The lowest BCUT2D eigenvalue weighted by Gasteiger charge is -2.31. The molecule has 15 heteroatoms. The van der Waals surface area contributed by atoms with Gasteiger partial charge in [-0.3, -0.25) is 24.3 Å². The molecule has 254 valence electrons. The summed E-state index contributed by atoms with van der Waals surface area (Å²) in [6, 6.07) is 5.63. The normalized spacial score (nSPS) is 19.6. The Hall–Kier alpha value is -3.89. The van der Waals surface area contributed by atoms with Gasteiger partial charge in [-0.05, 0) is 30.5 Å². The number of rotatable bonds is 22. The highest BCUT2D eigenvalue weighted by atomic mass is 16.7. The molecule has 2 heterocycles. The minimum absolute atomic E-state index is 0.0129. The van der Waals surface area contributed by atoms with Crippen LogP contribution < -0.4 is 10.1 Å². The second kappa shape index (κ2) is 20.3. The third-order valence-electron chi connectivity index (χ3n) is 6.87. The Morgan fingerprint density at radius 3 is 2.43 bits per heavy atom. The summed E-state index contributed by atoms with van der Waals surface area (Å²) in [7, 11) is 1.59. The SMILES string of the molecule is CN=COCc1cc(CCCOCCOCCOCCNC(=O)CCN2C(=O)C=CC2=O)ccc1OC1CC(O)CC(C(=O)O)O1. The van der Waals surface area contributed by atoms with E-state index in [0.29, 0.717) is 51.9 Å². The molecule has 15 nitrogen and oxygen atoms in total. The first-order chi connectivity index (χ1) is 22.3. The Bertz CT molecular complexity index is 1190. The predicted octanol–water partition coefficient (Wildman–Crippen LogP) is 0.604. The first-order valence-electron chi connectivity index (χ1n) is 15.2. The van der Waals surface area contributed by atoms with Crippen LogP contribution in [0.5, 0.6) is 5.75 Å². The zero-order chi connectivity index (χ0) is 33.1. The summed E-state index contributed by atoms with van der Waals surface area (Å²) in [5, 5.41) is 22.0. The van der Waals surface area contributed by atoms with Gasteiger partial charge >= 0.3 is 5.97 Å². The third kappa shape index (κ3) is 13.2. The summed E-state index contributed by atoms with van der Waals surface area (Å²) in [6.07, 6.45) is 2.54. The summed E-state index contributed by atoms with van der Waals surface area (Å²) in [5.74, 6) is -1.76. The van der Waals surface area contributed by atoms with Gasteiger partial charge in [0, 0.05) is 63.7 Å². The van der Waals surface area contributed by atoms with E-state index in [-0.39, 0.29) is 38.3 Å². The van der Waals surface area contributed by atoms with Crippen molar-refractivity contribution in [2.75, 3.05) is 59.8 Å². The highest BCUT2D eigenvalue weighted by Gasteiger charge is 2.34. The monoisotopic (exact) mass is 649 g/mol. The van der Waals surface area contributed by atoms with E-state index < -0.39 is 36.3 Å². The fourth-order valence-electron chi connectivity index (χ4n) is 4.59. The number of amides is 3. The van der Waals surface area contributed by atoms with E-state index in [4.69, 9.17) is 28.4 Å². The van der Waals surface area contributed by atoms with Crippen LogP contribution >= 0.6 is 0 Å². The number of hydrogen-bond donors (Lipinski definition) is 3. The van der Waals surface area contributed by atoms with Gasteiger partial charge in [0.15, 0.2) is 12.5 Å². The number of aliphatic hydroxyl groups excluding tert-OH is 1. The molecule has 2 aliphatic heterocycles. The Balaban J connectivity index is 1.23. The molecule has 0 radical (unpaired) electrons. The number of aliphatic hydroxyl groups is 1. The number of hydrogen-bond acceptors (Lipinski definition) is 12. The second-order valence-electron chi connectivity index (χ2n) is 10.5. The van der Waals surface area contributed by atoms with Crippen molar-refractivity contribution in [1.29, 1.82) is 0 Å². The zero-order valence-electron chi connectivity index (χ0n) is 26.0. The van der Waals surface area contributed by atoms with Crippen molar-refractivity contribution in [2.24, 2.45) is 4.99 Å². The Labute approximate surface area is 267 Å². The lowest BCUT2D eigenvalue weighted by atomic mass is 10.0. The molecule has 1 aromatic rings. The first-order valence-corrected chi connectivity index (χ1v) is 15.2. The Kier molecular flexibility index (Phi) is 16.1. The van der Waals surface area contributed by atoms with Crippen LogP contribution in [0.3, 0.4) is 0 Å². The lowest BCUT2D eigenvalue weighted by molar-refractivity contribution is -0.195. The maximum absolute atomic E-state index is 11.8. The second-order valence-corrected chi connectivity index (χ2v) is 10.5. The Morgan fingerprint density at radius 2 is 1.74 bits per heavy atom. The summed E-state index contributed by atoms with van der Waals surface area (Å²) in [5.41, 5.74) is 1.77. The van der Waals surface area contributed by atoms with Gasteiger partial charge in [0.2, 0.25) is 12.2 Å². The molecule has 2 aliphatic rings. The number of nitrogens with zero attached hydrogens (tertiary/aromatic N) is 2. The molecule has 46 heavy (non-hydrogen) atoms.